The third-order valence-corrected chi connectivity index (χ3v) is 24.7. The lowest BCUT2D eigenvalue weighted by molar-refractivity contribution is -0.174. The molecule has 0 N–H and O–H groups in total. The van der Waals surface area contributed by atoms with Crippen LogP contribution < -0.4 is 44.1 Å². The number of hydrogen-bond donors (Lipinski definition) is 0. The second-order valence-corrected chi connectivity index (χ2v) is 35.7. The van der Waals surface area contributed by atoms with E-state index in [1.165, 1.54) is 218 Å². The minimum Gasteiger partial charge on any atom is -0.378 e. The molecule has 0 amide bonds. The third kappa shape index (κ3) is 44.2. The Morgan fingerprint density at radius 3 is 0.493 bits per heavy atom. The quantitative estimate of drug-likeness (QED) is 0.129. The molecule has 10 aromatic carbocycles. The Balaban J connectivity index is 0.000000240. The van der Waals surface area contributed by atoms with Crippen molar-refractivity contribution in [2.24, 2.45) is 0 Å². The number of benzene rings is 10. The van der Waals surface area contributed by atoms with Gasteiger partial charge in [0.15, 0.2) is 0 Å². The van der Waals surface area contributed by atoms with Gasteiger partial charge < -0.3 is 67.8 Å². The van der Waals surface area contributed by atoms with Crippen molar-refractivity contribution in [3.05, 3.63) is 303 Å². The van der Waals surface area contributed by atoms with Crippen LogP contribution in [0.5, 0.6) is 0 Å². The number of aryl methyl sites for hydroxylation is 10. The highest BCUT2D eigenvalue weighted by atomic mass is 19.4. The number of halogens is 13. The van der Waals surface area contributed by atoms with Gasteiger partial charge in [-0.3, -0.25) is 17.6 Å². The van der Waals surface area contributed by atoms with Gasteiger partial charge in [0.05, 0.1) is 111 Å². The summed E-state index contributed by atoms with van der Waals surface area (Å²) in [6, 6.07) is 78.8. The highest BCUT2D eigenvalue weighted by Gasteiger charge is 2.50. The van der Waals surface area contributed by atoms with Gasteiger partial charge in [-0.05, 0) is 266 Å². The average Bonchev–Trinajstić information content (AvgIpc) is 0.929. The Hall–Kier alpha value is -10.7. The molecule has 0 atom stereocenters. The number of piperidine rings is 2. The topological polar surface area (TPSA) is 75.3 Å². The Morgan fingerprint density at radius 1 is 0.169 bits per heavy atom. The molecular weight excluding hydrogens is 1830 g/mol. The summed E-state index contributed by atoms with van der Waals surface area (Å²) in [4.78, 5) is 21.7. The predicted octanol–water partition coefficient (Wildman–Crippen LogP) is 27.7. The van der Waals surface area contributed by atoms with E-state index in [1.54, 1.807) is 0 Å². The molecule has 0 aromatic heterocycles. The molecule has 10 aromatic rings. The maximum absolute atomic E-state index is 12.5. The van der Waals surface area contributed by atoms with E-state index in [-0.39, 0.29) is 12.1 Å². The number of nitrogens with zero attached hydrogens (tertiary/aromatic N) is 9. The van der Waals surface area contributed by atoms with E-state index in [9.17, 15) is 57.1 Å². The zero-order chi connectivity index (χ0) is 104. The lowest BCUT2D eigenvalue weighted by atomic mass is 9.96. The van der Waals surface area contributed by atoms with Crippen molar-refractivity contribution < 1.29 is 80.8 Å². The van der Waals surface area contributed by atoms with Crippen LogP contribution in [0.25, 0.3) is 0 Å². The van der Waals surface area contributed by atoms with Gasteiger partial charge in [0, 0.05) is 169 Å². The lowest BCUT2D eigenvalue weighted by Gasteiger charge is -2.29. The van der Waals surface area contributed by atoms with Crippen molar-refractivity contribution in [3.8, 4) is 0 Å². The molecule has 9 fully saturated rings. The maximum Gasteiger partial charge on any atom is 0.417 e. The number of anilines is 9. The Kier molecular flexibility index (Phi) is 56.0. The highest BCUT2D eigenvalue weighted by Crippen LogP contribution is 2.47. The average molecular weight is 1990 g/mol. The van der Waals surface area contributed by atoms with Gasteiger partial charge in [0.25, 0.3) is 0 Å². The van der Waals surface area contributed by atoms with E-state index in [4.69, 9.17) is 23.7 Å². The Bertz CT molecular complexity index is 4360. The summed E-state index contributed by atoms with van der Waals surface area (Å²) in [5, 5.41) is 0. The molecule has 0 saturated carbocycles. The normalized spacial score (nSPS) is 16.1. The van der Waals surface area contributed by atoms with Crippen LogP contribution in [0.4, 0.5) is 108 Å². The summed E-state index contributed by atoms with van der Waals surface area (Å²) in [6.45, 7) is 48.6. The van der Waals surface area contributed by atoms with Crippen LogP contribution >= 0.6 is 0 Å². The molecule has 27 heteroatoms. The molecular formula is C115H156F13N9O5. The number of hydrogen-bond acceptors (Lipinski definition) is 14. The molecule has 9 aliphatic rings. The van der Waals surface area contributed by atoms with Gasteiger partial charge in [-0.25, -0.2) is 0 Å². The van der Waals surface area contributed by atoms with Crippen LogP contribution in [0.15, 0.2) is 231 Å². The van der Waals surface area contributed by atoms with Crippen molar-refractivity contribution in [1.82, 2.24) is 0 Å². The minimum atomic E-state index is -5.76. The van der Waals surface area contributed by atoms with Gasteiger partial charge >= 0.3 is 18.5 Å². The second kappa shape index (κ2) is 66.3. The smallest absolute Gasteiger partial charge is 0.378 e. The highest BCUT2D eigenvalue weighted by molar-refractivity contribution is 5.55. The fourth-order valence-corrected chi connectivity index (χ4v) is 16.8. The summed E-state index contributed by atoms with van der Waals surface area (Å²) < 4.78 is 177. The maximum atomic E-state index is 12.5. The molecule has 142 heavy (non-hydrogen) atoms. The van der Waals surface area contributed by atoms with Crippen molar-refractivity contribution in [2.45, 2.75) is 152 Å². The van der Waals surface area contributed by atoms with Crippen LogP contribution in [0.2, 0.25) is 0 Å². The van der Waals surface area contributed by atoms with Crippen molar-refractivity contribution >= 4 is 51.2 Å². The van der Waals surface area contributed by atoms with E-state index in [0.717, 1.165) is 138 Å². The van der Waals surface area contributed by atoms with Crippen LogP contribution in [0.3, 0.4) is 0 Å². The zero-order valence-electron chi connectivity index (χ0n) is 86.3. The van der Waals surface area contributed by atoms with Gasteiger partial charge in [-0.1, -0.05) is 154 Å². The summed E-state index contributed by atoms with van der Waals surface area (Å²) in [5.74, 6) is 0. The van der Waals surface area contributed by atoms with Crippen LogP contribution in [-0.4, -0.2) is 213 Å². The number of alkyl halides is 13. The molecule has 0 unspecified atom stereocenters. The number of ether oxygens (including phenoxy) is 5. The van der Waals surface area contributed by atoms with E-state index < -0.39 is 40.8 Å². The SMILES string of the molecule is CF.CF.CF.CF.Cc1cc(C(F)(F)F)c(C(F)(F)F)c(C(F)(F)F)c1.Cc1ccc(N2CCCC2)cc1.Cc1ccc(N2CCCC2)cc1.Cc1ccc(N2CCCCC2)cc1.Cc1ccc(N2CCCCC2)cc1.Cc1ccc(N2CCOCC2)cc1.Cc1ccc(N2CCOCC2)cc1.Cc1ccc(N2CCOCC2)cc1.Cc1ccc(N2CCOCC2)cc1.Cc1cccc(N2CCOCC2)c1. The van der Waals surface area contributed by atoms with E-state index in [0.29, 0.717) is 28.7 Å². The van der Waals surface area contributed by atoms with Crippen molar-refractivity contribution in [3.63, 3.8) is 0 Å². The molecule has 782 valence electrons. The zero-order valence-corrected chi connectivity index (χ0v) is 86.3. The molecule has 9 saturated heterocycles. The molecule has 0 spiro atoms. The molecule has 0 bridgehead atoms. The van der Waals surface area contributed by atoms with Crippen molar-refractivity contribution in [1.29, 1.82) is 0 Å². The van der Waals surface area contributed by atoms with Gasteiger partial charge in [-0.2, -0.15) is 39.5 Å². The number of rotatable bonds is 9. The summed E-state index contributed by atoms with van der Waals surface area (Å²) in [5.41, 5.74) is 16.2. The van der Waals surface area contributed by atoms with E-state index in [2.05, 4.69) is 325 Å². The van der Waals surface area contributed by atoms with E-state index in [1.807, 2.05) is 0 Å². The first-order chi connectivity index (χ1) is 68.5. The minimum absolute atomic E-state index is 0.0397. The molecule has 19 rings (SSSR count). The molecule has 0 aliphatic carbocycles. The van der Waals surface area contributed by atoms with Gasteiger partial charge in [-0.15, -0.1) is 0 Å². The second-order valence-electron chi connectivity index (χ2n) is 35.7. The molecule has 0 radical (unpaired) electrons. The summed E-state index contributed by atoms with van der Waals surface area (Å²) >= 11 is 0. The van der Waals surface area contributed by atoms with Gasteiger partial charge in [0.2, 0.25) is 0 Å². The first kappa shape index (κ1) is 120. The van der Waals surface area contributed by atoms with Crippen LogP contribution in [0, 0.1) is 69.2 Å². The first-order valence-corrected chi connectivity index (χ1v) is 49.6. The third-order valence-electron chi connectivity index (χ3n) is 24.7. The monoisotopic (exact) mass is 1990 g/mol. The predicted molar refractivity (Wildman–Crippen MR) is 565 cm³/mol. The van der Waals surface area contributed by atoms with Crippen LogP contribution in [-0.2, 0) is 42.2 Å². The van der Waals surface area contributed by atoms with Crippen LogP contribution in [0.1, 0.15) is 137 Å². The van der Waals surface area contributed by atoms with Crippen molar-refractivity contribution in [2.75, 3.05) is 257 Å². The largest absolute Gasteiger partial charge is 0.417 e. The lowest BCUT2D eigenvalue weighted by Crippen LogP contribution is -2.36. The van der Waals surface area contributed by atoms with Gasteiger partial charge in [0.1, 0.15) is 0 Å². The first-order valence-electron chi connectivity index (χ1n) is 49.6. The Labute approximate surface area is 839 Å². The summed E-state index contributed by atoms with van der Waals surface area (Å²) in [7, 11) is 2.00. The fraction of sp³-hybridized carbons (Fsp3) is 0.478. The molecule has 9 aliphatic heterocycles. The summed E-state index contributed by atoms with van der Waals surface area (Å²) in [6.07, 6.45) is -3.17. The standard InChI is InChI=1S/2C12H17N.5C11H15NO.2C11H15N.C10H5F9.4CH3F/c2*1-11-5-7-12(8-6-11)13-9-3-2-4-10-13;4*1-10-2-4-11(5-3-10)12-6-8-13-9-7-12;1-10-3-2-4-11(9-10)12-5-7-13-8-6-12;2*1-10-4-6-11(7-5-10)12-8-2-3-9-12;1-4-2-5(8(11,12)13)7(10(17,18)19)6(3-4)9(14,15)16;4*1-2/h2*5-8H,2-4,9-10H2,1H3;4*2-5H,6-9H2,1H3;2-4,9H,5-8H2,1H3;2*4-7H,2-3,8-9H2,1H3;2-3H,1H3;4*1H3. The van der Waals surface area contributed by atoms with E-state index >= 15 is 0 Å². The molecule has 9 heterocycles. The number of morpholine rings is 5. The molecule has 14 nitrogen and oxygen atoms in total. The Morgan fingerprint density at radius 2 is 0.331 bits per heavy atom. The fourth-order valence-electron chi connectivity index (χ4n) is 16.8.